The van der Waals surface area contributed by atoms with Gasteiger partial charge in [-0.1, -0.05) is 19.1 Å². The predicted octanol–water partition coefficient (Wildman–Crippen LogP) is 4.75. The SMILES string of the molecule is CCC1c2nncn2-c2cnc(-n3ccnc3-c3ccc(C(F)(F)F)cc3)nc2N1C1CCC1. The molecule has 1 aliphatic heterocycles. The Labute approximate surface area is 193 Å². The van der Waals surface area contributed by atoms with Crippen molar-refractivity contribution in [3.8, 4) is 23.0 Å². The number of aromatic nitrogens is 7. The zero-order valence-electron chi connectivity index (χ0n) is 18.3. The molecule has 1 aliphatic carbocycles. The third-order valence-corrected chi connectivity index (χ3v) is 6.63. The lowest BCUT2D eigenvalue weighted by Gasteiger charge is -2.45. The molecule has 8 nitrogen and oxygen atoms in total. The van der Waals surface area contributed by atoms with Gasteiger partial charge in [0.25, 0.3) is 0 Å². The number of hydrogen-bond acceptors (Lipinski definition) is 6. The highest BCUT2D eigenvalue weighted by Crippen LogP contribution is 2.43. The van der Waals surface area contributed by atoms with Gasteiger partial charge >= 0.3 is 6.18 Å². The minimum atomic E-state index is -4.39. The standard InChI is InChI=1S/C23H21F3N8/c1-2-17-21-31-29-13-33(21)18-12-28-22(30-20(18)34(17)16-4-3-5-16)32-11-10-27-19(32)14-6-8-15(9-7-14)23(24,25)26/h6-13,16-17H,2-5H2,1H3. The first kappa shape index (κ1) is 20.8. The van der Waals surface area contributed by atoms with E-state index in [1.165, 1.54) is 18.6 Å². The van der Waals surface area contributed by atoms with Crippen molar-refractivity contribution < 1.29 is 13.2 Å². The van der Waals surface area contributed by atoms with Crippen molar-refractivity contribution in [3.05, 3.63) is 60.6 Å². The first-order valence-electron chi connectivity index (χ1n) is 11.2. The summed E-state index contributed by atoms with van der Waals surface area (Å²) in [5.41, 5.74) is 0.658. The lowest BCUT2D eigenvalue weighted by Crippen LogP contribution is -2.46. The molecule has 3 aromatic heterocycles. The van der Waals surface area contributed by atoms with Gasteiger partial charge in [0.05, 0.1) is 17.8 Å². The third-order valence-electron chi connectivity index (χ3n) is 6.63. The monoisotopic (exact) mass is 466 g/mol. The molecule has 1 aromatic carbocycles. The van der Waals surface area contributed by atoms with E-state index in [-0.39, 0.29) is 6.04 Å². The fraction of sp³-hybridized carbons (Fsp3) is 0.348. The number of alkyl halides is 3. The zero-order valence-corrected chi connectivity index (χ0v) is 18.3. The maximum atomic E-state index is 13.0. The van der Waals surface area contributed by atoms with Gasteiger partial charge in [0, 0.05) is 24.0 Å². The van der Waals surface area contributed by atoms with Gasteiger partial charge in [-0.05, 0) is 37.8 Å². The van der Waals surface area contributed by atoms with E-state index >= 15 is 0 Å². The Hall–Kier alpha value is -3.76. The molecular weight excluding hydrogens is 445 g/mol. The average molecular weight is 466 g/mol. The topological polar surface area (TPSA) is 77.5 Å². The Morgan fingerprint density at radius 2 is 1.85 bits per heavy atom. The molecule has 4 heterocycles. The molecule has 1 fully saturated rings. The van der Waals surface area contributed by atoms with Crippen molar-refractivity contribution >= 4 is 5.82 Å². The van der Waals surface area contributed by atoms with E-state index in [4.69, 9.17) is 4.98 Å². The molecule has 4 aromatic rings. The smallest absolute Gasteiger partial charge is 0.341 e. The zero-order chi connectivity index (χ0) is 23.4. The molecule has 6 rings (SSSR count). The number of rotatable bonds is 4. The minimum Gasteiger partial charge on any atom is -0.341 e. The number of fused-ring (bicyclic) bond motifs is 3. The summed E-state index contributed by atoms with van der Waals surface area (Å²) in [6, 6.07) is 5.36. The fourth-order valence-corrected chi connectivity index (χ4v) is 4.72. The summed E-state index contributed by atoms with van der Waals surface area (Å²) in [6.07, 6.45) is 6.56. The van der Waals surface area contributed by atoms with Gasteiger partial charge in [-0.3, -0.25) is 9.13 Å². The van der Waals surface area contributed by atoms with Crippen molar-refractivity contribution in [1.29, 1.82) is 0 Å². The Morgan fingerprint density at radius 1 is 1.06 bits per heavy atom. The molecule has 1 saturated carbocycles. The van der Waals surface area contributed by atoms with E-state index in [2.05, 4.69) is 32.0 Å². The highest BCUT2D eigenvalue weighted by Gasteiger charge is 2.39. The minimum absolute atomic E-state index is 0.0558. The normalized spacial score (nSPS) is 17.9. The summed E-state index contributed by atoms with van der Waals surface area (Å²) < 4.78 is 42.6. The van der Waals surface area contributed by atoms with E-state index in [9.17, 15) is 13.2 Å². The lowest BCUT2D eigenvalue weighted by atomic mass is 9.89. The van der Waals surface area contributed by atoms with Crippen molar-refractivity contribution in [1.82, 2.24) is 34.3 Å². The van der Waals surface area contributed by atoms with Crippen molar-refractivity contribution in [2.75, 3.05) is 4.90 Å². The quantitative estimate of drug-likeness (QED) is 0.432. The number of hydrogen-bond donors (Lipinski definition) is 0. The number of nitrogens with zero attached hydrogens (tertiary/aromatic N) is 8. The van der Waals surface area contributed by atoms with Crippen LogP contribution in [-0.4, -0.2) is 40.3 Å². The highest BCUT2D eigenvalue weighted by atomic mass is 19.4. The second kappa shape index (κ2) is 7.64. The van der Waals surface area contributed by atoms with Crippen molar-refractivity contribution in [3.63, 3.8) is 0 Å². The van der Waals surface area contributed by atoms with E-state index in [0.717, 1.165) is 48.7 Å². The van der Waals surface area contributed by atoms with Gasteiger partial charge in [0.1, 0.15) is 17.8 Å². The van der Waals surface area contributed by atoms with Crippen LogP contribution < -0.4 is 4.90 Å². The molecule has 174 valence electrons. The maximum Gasteiger partial charge on any atom is 0.416 e. The van der Waals surface area contributed by atoms with Gasteiger partial charge in [-0.2, -0.15) is 18.2 Å². The summed E-state index contributed by atoms with van der Waals surface area (Å²) >= 11 is 0. The Balaban J connectivity index is 1.44. The van der Waals surface area contributed by atoms with Gasteiger partial charge in [-0.25, -0.2) is 9.97 Å². The number of anilines is 1. The molecule has 1 unspecified atom stereocenters. The molecule has 0 spiro atoms. The van der Waals surface area contributed by atoms with E-state index in [1.807, 2.05) is 4.57 Å². The molecule has 0 bridgehead atoms. The van der Waals surface area contributed by atoms with Gasteiger partial charge in [0.2, 0.25) is 5.95 Å². The van der Waals surface area contributed by atoms with Crippen LogP contribution in [0.3, 0.4) is 0 Å². The van der Waals surface area contributed by atoms with Crippen LogP contribution in [-0.2, 0) is 6.18 Å². The molecule has 0 saturated heterocycles. The number of imidazole rings is 1. The van der Waals surface area contributed by atoms with Gasteiger partial charge < -0.3 is 4.90 Å². The first-order chi connectivity index (χ1) is 16.5. The summed E-state index contributed by atoms with van der Waals surface area (Å²) in [5.74, 6) is 2.56. The number of benzene rings is 1. The lowest BCUT2D eigenvalue weighted by molar-refractivity contribution is -0.137. The third kappa shape index (κ3) is 3.17. The Bertz CT molecular complexity index is 1340. The van der Waals surface area contributed by atoms with Gasteiger partial charge in [0.15, 0.2) is 11.6 Å². The predicted molar refractivity (Wildman–Crippen MR) is 118 cm³/mol. The summed E-state index contributed by atoms with van der Waals surface area (Å²) in [5, 5.41) is 8.49. The van der Waals surface area contributed by atoms with E-state index < -0.39 is 11.7 Å². The molecule has 11 heteroatoms. The van der Waals surface area contributed by atoms with Crippen LogP contribution in [0.4, 0.5) is 19.0 Å². The van der Waals surface area contributed by atoms with Crippen LogP contribution in [0.15, 0.2) is 49.2 Å². The molecule has 1 atom stereocenters. The molecule has 34 heavy (non-hydrogen) atoms. The summed E-state index contributed by atoms with van der Waals surface area (Å²) in [6.45, 7) is 2.13. The fourth-order valence-electron chi connectivity index (χ4n) is 4.72. The van der Waals surface area contributed by atoms with Crippen LogP contribution >= 0.6 is 0 Å². The number of halogens is 3. The second-order valence-corrected chi connectivity index (χ2v) is 8.55. The van der Waals surface area contributed by atoms with Crippen LogP contribution in [0.2, 0.25) is 0 Å². The van der Waals surface area contributed by atoms with Crippen LogP contribution in [0, 0.1) is 0 Å². The molecule has 2 aliphatic rings. The highest BCUT2D eigenvalue weighted by molar-refractivity contribution is 5.64. The Morgan fingerprint density at radius 3 is 2.53 bits per heavy atom. The first-order valence-corrected chi connectivity index (χ1v) is 11.2. The maximum absolute atomic E-state index is 13.0. The van der Waals surface area contributed by atoms with Crippen LogP contribution in [0.25, 0.3) is 23.0 Å². The largest absolute Gasteiger partial charge is 0.416 e. The van der Waals surface area contributed by atoms with Crippen molar-refractivity contribution in [2.45, 2.75) is 50.9 Å². The molecular formula is C23H21F3N8. The van der Waals surface area contributed by atoms with Crippen LogP contribution in [0.5, 0.6) is 0 Å². The summed E-state index contributed by atoms with van der Waals surface area (Å²) in [4.78, 5) is 16.2. The Kier molecular flexibility index (Phi) is 4.68. The van der Waals surface area contributed by atoms with Crippen molar-refractivity contribution in [2.24, 2.45) is 0 Å². The van der Waals surface area contributed by atoms with E-state index in [0.29, 0.717) is 23.4 Å². The van der Waals surface area contributed by atoms with E-state index in [1.54, 1.807) is 29.5 Å². The average Bonchev–Trinajstić information content (AvgIpc) is 3.47. The summed E-state index contributed by atoms with van der Waals surface area (Å²) in [7, 11) is 0. The molecule has 0 radical (unpaired) electrons. The van der Waals surface area contributed by atoms with Gasteiger partial charge in [-0.15, -0.1) is 10.2 Å². The second-order valence-electron chi connectivity index (χ2n) is 8.55. The molecule has 0 N–H and O–H groups in total. The molecule has 0 amide bonds. The van der Waals surface area contributed by atoms with Crippen LogP contribution in [0.1, 0.15) is 50.0 Å².